The maximum Gasteiger partial charge on any atom is 0.223 e. The third-order valence-corrected chi connectivity index (χ3v) is 4.23. The lowest BCUT2D eigenvalue weighted by Crippen LogP contribution is -2.34. The summed E-state index contributed by atoms with van der Waals surface area (Å²) < 4.78 is 2.60. The minimum Gasteiger partial charge on any atom is -0.354 e. The molecule has 6 heteroatoms. The zero-order chi connectivity index (χ0) is 14.5. The number of carbonyl (C=O) groups is 1. The Bertz CT molecular complexity index is 500. The van der Waals surface area contributed by atoms with E-state index in [4.69, 9.17) is 12.2 Å². The number of H-pyrrole nitrogens is 1. The topological polar surface area (TPSA) is 62.7 Å². The van der Waals surface area contributed by atoms with E-state index in [2.05, 4.69) is 29.4 Å². The van der Waals surface area contributed by atoms with Gasteiger partial charge in [0, 0.05) is 24.9 Å². The van der Waals surface area contributed by atoms with E-state index in [1.54, 1.807) is 0 Å². The van der Waals surface area contributed by atoms with Gasteiger partial charge >= 0.3 is 0 Å². The van der Waals surface area contributed by atoms with Crippen LogP contribution in [-0.4, -0.2) is 27.2 Å². The van der Waals surface area contributed by atoms with Crippen LogP contribution in [0.5, 0.6) is 0 Å². The van der Waals surface area contributed by atoms with Crippen LogP contribution in [0.4, 0.5) is 0 Å². The van der Waals surface area contributed by atoms with Crippen molar-refractivity contribution in [1.29, 1.82) is 0 Å². The fraction of sp³-hybridized carbons (Fsp3) is 0.786. The van der Waals surface area contributed by atoms with E-state index in [1.807, 2.05) is 4.57 Å². The standard InChI is InChI=1S/C14H24N4OS/c1-10(2)12-16-17-14(20)18(12)9-8-15-13(19)11-6-4-3-5-7-11/h10-11H,3-9H2,1-2H3,(H,15,19)(H,17,20). The number of aromatic nitrogens is 3. The van der Waals surface area contributed by atoms with E-state index >= 15 is 0 Å². The van der Waals surface area contributed by atoms with Gasteiger partial charge in [-0.25, -0.2) is 0 Å². The Hall–Kier alpha value is -1.17. The highest BCUT2D eigenvalue weighted by Gasteiger charge is 2.20. The average molecular weight is 296 g/mol. The van der Waals surface area contributed by atoms with Crippen LogP contribution in [0.2, 0.25) is 0 Å². The molecular formula is C14H24N4OS. The Morgan fingerprint density at radius 1 is 1.45 bits per heavy atom. The predicted octanol–water partition coefficient (Wildman–Crippen LogP) is 2.76. The van der Waals surface area contributed by atoms with Crippen LogP contribution < -0.4 is 5.32 Å². The van der Waals surface area contributed by atoms with Crippen LogP contribution in [0, 0.1) is 10.7 Å². The first-order valence-electron chi connectivity index (χ1n) is 7.52. The Kier molecular flexibility index (Phi) is 5.34. The third-order valence-electron chi connectivity index (χ3n) is 3.91. The van der Waals surface area contributed by atoms with Crippen molar-refractivity contribution in [3.8, 4) is 0 Å². The molecule has 0 aromatic carbocycles. The van der Waals surface area contributed by atoms with Crippen molar-refractivity contribution in [3.63, 3.8) is 0 Å². The van der Waals surface area contributed by atoms with Crippen molar-refractivity contribution in [2.45, 2.75) is 58.4 Å². The van der Waals surface area contributed by atoms with Crippen LogP contribution in [-0.2, 0) is 11.3 Å². The maximum absolute atomic E-state index is 12.1. The van der Waals surface area contributed by atoms with Crippen molar-refractivity contribution < 1.29 is 4.79 Å². The van der Waals surface area contributed by atoms with Gasteiger partial charge in [-0.15, -0.1) is 0 Å². The molecule has 2 N–H and O–H groups in total. The SMILES string of the molecule is CC(C)c1n[nH]c(=S)n1CCNC(=O)C1CCCCC1. The van der Waals surface area contributed by atoms with E-state index in [9.17, 15) is 4.79 Å². The van der Waals surface area contributed by atoms with Crippen LogP contribution >= 0.6 is 12.2 Å². The fourth-order valence-corrected chi connectivity index (χ4v) is 3.02. The number of carbonyl (C=O) groups excluding carboxylic acids is 1. The largest absolute Gasteiger partial charge is 0.354 e. The van der Waals surface area contributed by atoms with E-state index < -0.39 is 0 Å². The molecule has 0 aliphatic heterocycles. The molecule has 1 saturated carbocycles. The molecule has 1 aliphatic carbocycles. The van der Waals surface area contributed by atoms with Gasteiger partial charge in [-0.2, -0.15) is 5.10 Å². The summed E-state index contributed by atoms with van der Waals surface area (Å²) in [6.07, 6.45) is 5.71. The highest BCUT2D eigenvalue weighted by Crippen LogP contribution is 2.23. The number of hydrogen-bond acceptors (Lipinski definition) is 3. The van der Waals surface area contributed by atoms with E-state index in [-0.39, 0.29) is 11.8 Å². The smallest absolute Gasteiger partial charge is 0.223 e. The van der Waals surface area contributed by atoms with Gasteiger partial charge < -0.3 is 9.88 Å². The van der Waals surface area contributed by atoms with Gasteiger partial charge in [0.15, 0.2) is 4.77 Å². The molecule has 0 spiro atoms. The Morgan fingerprint density at radius 2 is 2.15 bits per heavy atom. The number of nitrogens with one attached hydrogen (secondary N) is 2. The summed E-state index contributed by atoms with van der Waals surface area (Å²) in [7, 11) is 0. The molecule has 0 bridgehead atoms. The summed E-state index contributed by atoms with van der Waals surface area (Å²) >= 11 is 5.23. The summed E-state index contributed by atoms with van der Waals surface area (Å²) in [5.41, 5.74) is 0. The summed E-state index contributed by atoms with van der Waals surface area (Å²) in [5.74, 6) is 1.68. The molecule has 2 rings (SSSR count). The Balaban J connectivity index is 1.85. The van der Waals surface area contributed by atoms with Gasteiger partial charge in [-0.3, -0.25) is 9.89 Å². The van der Waals surface area contributed by atoms with Crippen molar-refractivity contribution in [2.75, 3.05) is 6.54 Å². The van der Waals surface area contributed by atoms with Crippen molar-refractivity contribution >= 4 is 18.1 Å². The molecule has 1 aliphatic rings. The van der Waals surface area contributed by atoms with Crippen molar-refractivity contribution in [2.24, 2.45) is 5.92 Å². The minimum absolute atomic E-state index is 0.200. The first kappa shape index (κ1) is 15.2. The Labute approximate surface area is 125 Å². The number of rotatable bonds is 5. The molecule has 1 amide bonds. The van der Waals surface area contributed by atoms with Gasteiger partial charge in [0.05, 0.1) is 0 Å². The number of aromatic amines is 1. The normalized spacial score (nSPS) is 16.6. The van der Waals surface area contributed by atoms with Crippen LogP contribution in [0.25, 0.3) is 0 Å². The predicted molar refractivity (Wildman–Crippen MR) is 81.1 cm³/mol. The number of amides is 1. The number of hydrogen-bond donors (Lipinski definition) is 2. The molecule has 0 atom stereocenters. The number of nitrogens with zero attached hydrogens (tertiary/aromatic N) is 2. The first-order chi connectivity index (χ1) is 9.59. The lowest BCUT2D eigenvalue weighted by atomic mass is 9.89. The van der Waals surface area contributed by atoms with E-state index in [0.717, 1.165) is 18.7 Å². The zero-order valence-electron chi connectivity index (χ0n) is 12.3. The van der Waals surface area contributed by atoms with Crippen molar-refractivity contribution in [1.82, 2.24) is 20.1 Å². The molecule has 1 fully saturated rings. The molecule has 0 saturated heterocycles. The van der Waals surface area contributed by atoms with E-state index in [1.165, 1.54) is 19.3 Å². The highest BCUT2D eigenvalue weighted by atomic mass is 32.1. The zero-order valence-corrected chi connectivity index (χ0v) is 13.1. The Morgan fingerprint density at radius 3 is 2.80 bits per heavy atom. The van der Waals surface area contributed by atoms with Crippen molar-refractivity contribution in [3.05, 3.63) is 10.6 Å². The van der Waals surface area contributed by atoms with Gasteiger partial charge in [-0.05, 0) is 25.1 Å². The van der Waals surface area contributed by atoms with Crippen LogP contribution in [0.15, 0.2) is 0 Å². The molecule has 112 valence electrons. The van der Waals surface area contributed by atoms with Gasteiger partial charge in [0.1, 0.15) is 5.82 Å². The van der Waals surface area contributed by atoms with Gasteiger partial charge in [0.2, 0.25) is 5.91 Å². The molecular weight excluding hydrogens is 272 g/mol. The highest BCUT2D eigenvalue weighted by molar-refractivity contribution is 7.71. The van der Waals surface area contributed by atoms with Crippen LogP contribution in [0.1, 0.15) is 57.7 Å². The third kappa shape index (κ3) is 3.69. The second-order valence-corrected chi connectivity index (χ2v) is 6.21. The lowest BCUT2D eigenvalue weighted by Gasteiger charge is -2.20. The average Bonchev–Trinajstić information content (AvgIpc) is 2.81. The van der Waals surface area contributed by atoms with Crippen LogP contribution in [0.3, 0.4) is 0 Å². The van der Waals surface area contributed by atoms with Gasteiger partial charge in [0.25, 0.3) is 0 Å². The maximum atomic E-state index is 12.1. The second-order valence-electron chi connectivity index (χ2n) is 5.82. The molecule has 1 heterocycles. The summed E-state index contributed by atoms with van der Waals surface area (Å²) in [6.45, 7) is 5.47. The fourth-order valence-electron chi connectivity index (χ4n) is 2.79. The van der Waals surface area contributed by atoms with Gasteiger partial charge in [-0.1, -0.05) is 33.1 Å². The summed E-state index contributed by atoms with van der Waals surface area (Å²) in [5, 5.41) is 10.1. The quantitative estimate of drug-likeness (QED) is 0.821. The van der Waals surface area contributed by atoms with E-state index in [0.29, 0.717) is 23.8 Å². The molecule has 1 aromatic rings. The molecule has 1 aromatic heterocycles. The molecule has 0 unspecified atom stereocenters. The summed E-state index contributed by atoms with van der Waals surface area (Å²) in [6, 6.07) is 0. The second kappa shape index (κ2) is 7.02. The minimum atomic E-state index is 0.200. The first-order valence-corrected chi connectivity index (χ1v) is 7.93. The molecule has 20 heavy (non-hydrogen) atoms. The lowest BCUT2D eigenvalue weighted by molar-refractivity contribution is -0.125. The molecule has 0 radical (unpaired) electrons. The monoisotopic (exact) mass is 296 g/mol. The molecule has 5 nitrogen and oxygen atoms in total. The summed E-state index contributed by atoms with van der Waals surface area (Å²) in [4.78, 5) is 12.1.